The highest BCUT2D eigenvalue weighted by atomic mass is 16.1. The van der Waals surface area contributed by atoms with Crippen LogP contribution >= 0.6 is 0 Å². The van der Waals surface area contributed by atoms with Crippen LogP contribution in [0.5, 0.6) is 0 Å². The predicted molar refractivity (Wildman–Crippen MR) is 75.1 cm³/mol. The van der Waals surface area contributed by atoms with Gasteiger partial charge >= 0.3 is 0 Å². The first kappa shape index (κ1) is 12.6. The Morgan fingerprint density at radius 2 is 1.61 bits per heavy atom. The van der Waals surface area contributed by atoms with Gasteiger partial charge in [0.25, 0.3) is 0 Å². The average molecular weight is 238 g/mol. The molecule has 0 aromatic heterocycles. The lowest BCUT2D eigenvalue weighted by atomic mass is 9.96. The molecule has 0 saturated carbocycles. The quantitative estimate of drug-likeness (QED) is 0.738. The number of hydrogen-bond donors (Lipinski definition) is 0. The lowest BCUT2D eigenvalue weighted by molar-refractivity contribution is 0.0992. The minimum Gasteiger partial charge on any atom is -0.294 e. The summed E-state index contributed by atoms with van der Waals surface area (Å²) >= 11 is 0. The normalized spacial score (nSPS) is 10.4. The second-order valence-electron chi connectivity index (χ2n) is 4.83. The van der Waals surface area contributed by atoms with Crippen molar-refractivity contribution >= 4 is 5.78 Å². The highest BCUT2D eigenvalue weighted by Gasteiger charge is 2.10. The van der Waals surface area contributed by atoms with Gasteiger partial charge in [0, 0.05) is 12.0 Å². The fourth-order valence-electron chi connectivity index (χ4n) is 2.04. The van der Waals surface area contributed by atoms with E-state index in [4.69, 9.17) is 0 Å². The fraction of sp³-hybridized carbons (Fsp3) is 0.235. The van der Waals surface area contributed by atoms with Crippen LogP contribution in [-0.4, -0.2) is 5.78 Å². The molecule has 0 aliphatic carbocycles. The summed E-state index contributed by atoms with van der Waals surface area (Å²) in [4.78, 5) is 12.3. The minimum atomic E-state index is 0.194. The van der Waals surface area contributed by atoms with Gasteiger partial charge in [-0.2, -0.15) is 0 Å². The maximum Gasteiger partial charge on any atom is 0.167 e. The number of benzene rings is 2. The molecule has 0 amide bonds. The first-order valence-corrected chi connectivity index (χ1v) is 6.23. The van der Waals surface area contributed by atoms with E-state index < -0.39 is 0 Å². The number of hydrogen-bond acceptors (Lipinski definition) is 1. The number of carbonyl (C=O) groups is 1. The molecule has 0 spiro atoms. The highest BCUT2D eigenvalue weighted by Crippen LogP contribution is 2.15. The van der Waals surface area contributed by atoms with Crippen molar-refractivity contribution in [2.75, 3.05) is 0 Å². The molecule has 92 valence electrons. The van der Waals surface area contributed by atoms with Gasteiger partial charge in [-0.25, -0.2) is 0 Å². The van der Waals surface area contributed by atoms with E-state index in [0.29, 0.717) is 6.42 Å². The van der Waals surface area contributed by atoms with Gasteiger partial charge in [0.05, 0.1) is 0 Å². The van der Waals surface area contributed by atoms with Crippen molar-refractivity contribution in [2.45, 2.75) is 27.2 Å². The van der Waals surface area contributed by atoms with Crippen LogP contribution in [0.4, 0.5) is 0 Å². The zero-order valence-corrected chi connectivity index (χ0v) is 11.2. The van der Waals surface area contributed by atoms with Gasteiger partial charge in [-0.3, -0.25) is 4.79 Å². The van der Waals surface area contributed by atoms with E-state index in [1.807, 2.05) is 56.3 Å². The molecule has 0 aliphatic rings. The van der Waals surface area contributed by atoms with E-state index in [-0.39, 0.29) is 5.78 Å². The third kappa shape index (κ3) is 2.67. The van der Waals surface area contributed by atoms with Crippen LogP contribution < -0.4 is 0 Å². The molecule has 0 unspecified atom stereocenters. The van der Waals surface area contributed by atoms with Crippen molar-refractivity contribution in [3.63, 3.8) is 0 Å². The van der Waals surface area contributed by atoms with Crippen LogP contribution in [-0.2, 0) is 6.42 Å². The van der Waals surface area contributed by atoms with Crippen LogP contribution in [0.15, 0.2) is 42.5 Å². The summed E-state index contributed by atoms with van der Waals surface area (Å²) in [7, 11) is 0. The zero-order valence-electron chi connectivity index (χ0n) is 11.2. The lowest BCUT2D eigenvalue weighted by Gasteiger charge is -2.07. The van der Waals surface area contributed by atoms with Crippen molar-refractivity contribution in [3.05, 3.63) is 70.3 Å². The van der Waals surface area contributed by atoms with E-state index >= 15 is 0 Å². The van der Waals surface area contributed by atoms with Gasteiger partial charge in [0.2, 0.25) is 0 Å². The van der Waals surface area contributed by atoms with E-state index in [0.717, 1.165) is 16.7 Å². The van der Waals surface area contributed by atoms with Gasteiger partial charge in [-0.15, -0.1) is 0 Å². The average Bonchev–Trinajstić information content (AvgIpc) is 2.35. The van der Waals surface area contributed by atoms with Crippen LogP contribution in [0.2, 0.25) is 0 Å². The maximum absolute atomic E-state index is 12.3. The van der Waals surface area contributed by atoms with Gasteiger partial charge < -0.3 is 0 Å². The molecule has 0 bridgehead atoms. The van der Waals surface area contributed by atoms with Crippen LogP contribution in [0, 0.1) is 20.8 Å². The summed E-state index contributed by atoms with van der Waals surface area (Å²) in [6.45, 7) is 6.10. The minimum absolute atomic E-state index is 0.194. The molecular formula is C17H18O. The van der Waals surface area contributed by atoms with Crippen molar-refractivity contribution in [2.24, 2.45) is 0 Å². The topological polar surface area (TPSA) is 17.1 Å². The third-order valence-corrected chi connectivity index (χ3v) is 3.39. The fourth-order valence-corrected chi connectivity index (χ4v) is 2.04. The highest BCUT2D eigenvalue weighted by molar-refractivity contribution is 5.99. The second-order valence-corrected chi connectivity index (χ2v) is 4.83. The summed E-state index contributed by atoms with van der Waals surface area (Å²) < 4.78 is 0. The van der Waals surface area contributed by atoms with Crippen molar-refractivity contribution in [1.29, 1.82) is 0 Å². The van der Waals surface area contributed by atoms with Gasteiger partial charge in [-0.05, 0) is 37.5 Å². The summed E-state index contributed by atoms with van der Waals surface area (Å²) in [5, 5.41) is 0. The molecule has 0 heterocycles. The van der Waals surface area contributed by atoms with E-state index in [9.17, 15) is 4.79 Å². The number of ketones is 1. The molecule has 18 heavy (non-hydrogen) atoms. The molecule has 0 radical (unpaired) electrons. The molecule has 0 fully saturated rings. The number of carbonyl (C=O) groups excluding carboxylic acids is 1. The Bertz CT molecular complexity index is 565. The zero-order chi connectivity index (χ0) is 13.1. The van der Waals surface area contributed by atoms with Crippen molar-refractivity contribution in [1.82, 2.24) is 0 Å². The smallest absolute Gasteiger partial charge is 0.167 e. The SMILES string of the molecule is Cc1ccc(CC(=O)c2cccc(C)c2C)cc1. The first-order chi connectivity index (χ1) is 8.58. The van der Waals surface area contributed by atoms with Crippen LogP contribution in [0.1, 0.15) is 32.6 Å². The number of Topliss-reactive ketones (excluding diaryl/α,β-unsaturated/α-hetero) is 1. The Morgan fingerprint density at radius 1 is 0.944 bits per heavy atom. The van der Waals surface area contributed by atoms with Crippen molar-refractivity contribution in [3.8, 4) is 0 Å². The molecule has 1 heteroatoms. The Kier molecular flexibility index (Phi) is 3.61. The van der Waals surface area contributed by atoms with Crippen LogP contribution in [0.25, 0.3) is 0 Å². The van der Waals surface area contributed by atoms with Gasteiger partial charge in [0.1, 0.15) is 0 Å². The summed E-state index contributed by atoms with van der Waals surface area (Å²) in [5.41, 5.74) is 5.40. The van der Waals surface area contributed by atoms with Crippen LogP contribution in [0.3, 0.4) is 0 Å². The second kappa shape index (κ2) is 5.18. The lowest BCUT2D eigenvalue weighted by Crippen LogP contribution is -2.06. The van der Waals surface area contributed by atoms with Gasteiger partial charge in [0.15, 0.2) is 5.78 Å². The summed E-state index contributed by atoms with van der Waals surface area (Å²) in [6, 6.07) is 14.1. The molecule has 2 rings (SSSR count). The molecule has 0 atom stereocenters. The Labute approximate surface area is 108 Å². The number of rotatable bonds is 3. The molecule has 0 N–H and O–H groups in total. The molecule has 0 saturated heterocycles. The molecule has 0 aliphatic heterocycles. The standard InChI is InChI=1S/C17H18O/c1-12-7-9-15(10-8-12)11-17(18)16-6-4-5-13(2)14(16)3/h4-10H,11H2,1-3H3. The Balaban J connectivity index is 2.22. The van der Waals surface area contributed by atoms with Gasteiger partial charge in [-0.1, -0.05) is 48.0 Å². The molecular weight excluding hydrogens is 220 g/mol. The third-order valence-electron chi connectivity index (χ3n) is 3.39. The molecule has 1 nitrogen and oxygen atoms in total. The van der Waals surface area contributed by atoms with E-state index in [1.165, 1.54) is 11.1 Å². The number of aryl methyl sites for hydroxylation is 2. The van der Waals surface area contributed by atoms with Crippen molar-refractivity contribution < 1.29 is 4.79 Å². The van der Waals surface area contributed by atoms with E-state index in [1.54, 1.807) is 0 Å². The summed E-state index contributed by atoms with van der Waals surface area (Å²) in [6.07, 6.45) is 0.477. The first-order valence-electron chi connectivity index (χ1n) is 6.23. The Hall–Kier alpha value is -1.89. The molecule has 2 aromatic rings. The Morgan fingerprint density at radius 3 is 2.28 bits per heavy atom. The monoisotopic (exact) mass is 238 g/mol. The predicted octanol–water partition coefficient (Wildman–Crippen LogP) is 4.04. The molecule has 2 aromatic carbocycles. The largest absolute Gasteiger partial charge is 0.294 e. The van der Waals surface area contributed by atoms with E-state index in [2.05, 4.69) is 6.92 Å². The summed E-state index contributed by atoms with van der Waals surface area (Å²) in [5.74, 6) is 0.194. The maximum atomic E-state index is 12.3.